The summed E-state index contributed by atoms with van der Waals surface area (Å²) in [7, 11) is -3.92. The van der Waals surface area contributed by atoms with Gasteiger partial charge in [0.25, 0.3) is 0 Å². The van der Waals surface area contributed by atoms with Gasteiger partial charge in [0.1, 0.15) is 5.82 Å². The van der Waals surface area contributed by atoms with Crippen molar-refractivity contribution in [1.29, 1.82) is 0 Å². The summed E-state index contributed by atoms with van der Waals surface area (Å²) in [6.45, 7) is 2.56. The quantitative estimate of drug-likeness (QED) is 0.545. The van der Waals surface area contributed by atoms with Gasteiger partial charge >= 0.3 is 0 Å². The van der Waals surface area contributed by atoms with Gasteiger partial charge in [0.05, 0.1) is 4.90 Å². The number of halogens is 2. The average Bonchev–Trinajstić information content (AvgIpc) is 3.08. The van der Waals surface area contributed by atoms with Gasteiger partial charge in [-0.15, -0.1) is 0 Å². The lowest BCUT2D eigenvalue weighted by Crippen LogP contribution is -2.08. The number of hydrogen-bond acceptors (Lipinski definition) is 5. The van der Waals surface area contributed by atoms with Crippen LogP contribution in [0.5, 0.6) is 0 Å². The summed E-state index contributed by atoms with van der Waals surface area (Å²) in [5.41, 5.74) is 0.479. The van der Waals surface area contributed by atoms with Gasteiger partial charge in [0, 0.05) is 17.1 Å². The molecule has 0 amide bonds. The monoisotopic (exact) mass is 408 g/mol. The van der Waals surface area contributed by atoms with Gasteiger partial charge in [-0.3, -0.25) is 0 Å². The number of nitrogens with zero attached hydrogens (tertiary/aromatic N) is 1. The molecule has 5 nitrogen and oxygen atoms in total. The van der Waals surface area contributed by atoms with Crippen molar-refractivity contribution in [3.8, 4) is 11.5 Å². The molecule has 3 aromatic rings. The first-order valence-electron chi connectivity index (χ1n) is 8.43. The highest BCUT2D eigenvalue weighted by molar-refractivity contribution is 7.91. The van der Waals surface area contributed by atoms with Gasteiger partial charge in [-0.1, -0.05) is 24.9 Å². The molecule has 0 bridgehead atoms. The summed E-state index contributed by atoms with van der Waals surface area (Å²) >= 11 is 5.85. The third kappa shape index (κ3) is 4.31. The highest BCUT2D eigenvalue weighted by atomic mass is 35.5. The molecule has 142 valence electrons. The van der Waals surface area contributed by atoms with Crippen LogP contribution in [0.4, 0.5) is 10.3 Å². The minimum absolute atomic E-state index is 0.0596. The van der Waals surface area contributed by atoms with Crippen LogP contribution in [-0.4, -0.2) is 19.9 Å². The lowest BCUT2D eigenvalue weighted by atomic mass is 10.2. The van der Waals surface area contributed by atoms with Gasteiger partial charge in [0.2, 0.25) is 26.6 Å². The summed E-state index contributed by atoms with van der Waals surface area (Å²) in [6.07, 6.45) is 1.78. The molecule has 8 heteroatoms. The minimum Gasteiger partial charge on any atom is -0.419 e. The summed E-state index contributed by atoms with van der Waals surface area (Å²) < 4.78 is 44.9. The van der Waals surface area contributed by atoms with Crippen molar-refractivity contribution in [3.05, 3.63) is 59.4 Å². The van der Waals surface area contributed by atoms with E-state index in [4.69, 9.17) is 16.0 Å². The number of aromatic nitrogens is 1. The number of nitrogens with one attached hydrogen (secondary N) is 1. The largest absolute Gasteiger partial charge is 0.419 e. The van der Waals surface area contributed by atoms with Crippen molar-refractivity contribution in [2.45, 2.75) is 29.7 Å². The van der Waals surface area contributed by atoms with E-state index in [9.17, 15) is 12.8 Å². The average molecular weight is 409 g/mol. The second-order valence-electron chi connectivity index (χ2n) is 5.90. The third-order valence-corrected chi connectivity index (χ3v) is 5.81. The van der Waals surface area contributed by atoms with E-state index in [2.05, 4.69) is 10.3 Å². The first kappa shape index (κ1) is 19.4. The first-order valence-corrected chi connectivity index (χ1v) is 10.3. The normalized spacial score (nSPS) is 11.5. The third-order valence-electron chi connectivity index (χ3n) is 3.88. The predicted molar refractivity (Wildman–Crippen MR) is 102 cm³/mol. The molecule has 27 heavy (non-hydrogen) atoms. The predicted octanol–water partition coefficient (Wildman–Crippen LogP) is 5.18. The zero-order valence-corrected chi connectivity index (χ0v) is 16.1. The standard InChI is InChI=1S/C19H18ClFN2O3S/c1-2-3-12-22-18-19(27(24,25)16-10-6-14(20)7-11-16)23-17(26-18)13-4-8-15(21)9-5-13/h4-11,22H,2-3,12H2,1H3. The number of anilines is 1. The number of benzene rings is 2. The summed E-state index contributed by atoms with van der Waals surface area (Å²) in [5.74, 6) is -0.236. The molecule has 1 N–H and O–H groups in total. The number of rotatable bonds is 7. The van der Waals surface area contributed by atoms with Crippen molar-refractivity contribution in [1.82, 2.24) is 4.98 Å². The summed E-state index contributed by atoms with van der Waals surface area (Å²) in [4.78, 5) is 4.25. The van der Waals surface area contributed by atoms with Gasteiger partial charge in [0.15, 0.2) is 0 Å². The van der Waals surface area contributed by atoms with Crippen LogP contribution in [0.2, 0.25) is 5.02 Å². The Labute approximate surface area is 162 Å². The van der Waals surface area contributed by atoms with E-state index in [1.54, 1.807) is 0 Å². The van der Waals surface area contributed by atoms with E-state index >= 15 is 0 Å². The highest BCUT2D eigenvalue weighted by Gasteiger charge is 2.28. The molecule has 0 aliphatic carbocycles. The lowest BCUT2D eigenvalue weighted by Gasteiger charge is -2.05. The maximum Gasteiger partial charge on any atom is 0.233 e. The number of hydrogen-bond donors (Lipinski definition) is 1. The molecule has 2 aromatic carbocycles. The maximum atomic E-state index is 13.2. The van der Waals surface area contributed by atoms with E-state index in [0.29, 0.717) is 17.1 Å². The van der Waals surface area contributed by atoms with Crippen molar-refractivity contribution in [2.75, 3.05) is 11.9 Å². The van der Waals surface area contributed by atoms with Crippen molar-refractivity contribution < 1.29 is 17.2 Å². The van der Waals surface area contributed by atoms with E-state index in [1.807, 2.05) is 6.92 Å². The zero-order chi connectivity index (χ0) is 19.4. The molecule has 0 aliphatic heterocycles. The molecule has 3 rings (SSSR count). The summed E-state index contributed by atoms with van der Waals surface area (Å²) in [6, 6.07) is 11.3. The Hall–Kier alpha value is -2.38. The van der Waals surface area contributed by atoms with Crippen LogP contribution in [0.25, 0.3) is 11.5 Å². The fourth-order valence-electron chi connectivity index (χ4n) is 2.42. The molecule has 0 unspecified atom stereocenters. The van der Waals surface area contributed by atoms with Crippen LogP contribution < -0.4 is 5.32 Å². The number of unbranched alkanes of at least 4 members (excludes halogenated alkanes) is 1. The first-order chi connectivity index (χ1) is 12.9. The Morgan fingerprint density at radius 1 is 1.11 bits per heavy atom. The minimum atomic E-state index is -3.92. The van der Waals surface area contributed by atoms with Gasteiger partial charge < -0.3 is 9.73 Å². The van der Waals surface area contributed by atoms with Crippen LogP contribution in [0, 0.1) is 5.82 Å². The van der Waals surface area contributed by atoms with Crippen molar-refractivity contribution in [3.63, 3.8) is 0 Å². The molecule has 0 radical (unpaired) electrons. The Morgan fingerprint density at radius 2 is 1.78 bits per heavy atom. The van der Waals surface area contributed by atoms with E-state index in [0.717, 1.165) is 12.8 Å². The fraction of sp³-hybridized carbons (Fsp3) is 0.211. The van der Waals surface area contributed by atoms with Crippen LogP contribution >= 0.6 is 11.6 Å². The smallest absolute Gasteiger partial charge is 0.233 e. The molecule has 0 aliphatic rings. The number of oxazole rings is 1. The van der Waals surface area contributed by atoms with Crippen LogP contribution in [0.1, 0.15) is 19.8 Å². The molecular formula is C19H18ClFN2O3S. The molecule has 1 heterocycles. The van der Waals surface area contributed by atoms with Gasteiger partial charge in [-0.25, -0.2) is 12.8 Å². The molecule has 0 fully saturated rings. The van der Waals surface area contributed by atoms with E-state index in [1.165, 1.54) is 48.5 Å². The van der Waals surface area contributed by atoms with Crippen LogP contribution in [0.15, 0.2) is 62.9 Å². The molecule has 0 saturated carbocycles. The zero-order valence-electron chi connectivity index (χ0n) is 14.6. The molecule has 1 aromatic heterocycles. The van der Waals surface area contributed by atoms with E-state index in [-0.39, 0.29) is 21.7 Å². The van der Waals surface area contributed by atoms with Gasteiger partial charge in [-0.05, 0) is 55.0 Å². The van der Waals surface area contributed by atoms with Crippen molar-refractivity contribution in [2.24, 2.45) is 0 Å². The SMILES string of the molecule is CCCCNc1oc(-c2ccc(F)cc2)nc1S(=O)(=O)c1ccc(Cl)cc1. The molecular weight excluding hydrogens is 391 g/mol. The molecule has 0 atom stereocenters. The van der Waals surface area contributed by atoms with Crippen molar-refractivity contribution >= 4 is 27.3 Å². The Bertz CT molecular complexity index is 1020. The number of sulfone groups is 1. The molecule has 0 spiro atoms. The van der Waals surface area contributed by atoms with Crippen LogP contribution in [0.3, 0.4) is 0 Å². The molecule has 0 saturated heterocycles. The maximum absolute atomic E-state index is 13.2. The van der Waals surface area contributed by atoms with Crippen LogP contribution in [-0.2, 0) is 9.84 Å². The van der Waals surface area contributed by atoms with E-state index < -0.39 is 15.7 Å². The topological polar surface area (TPSA) is 72.2 Å². The Balaban J connectivity index is 2.06. The highest BCUT2D eigenvalue weighted by Crippen LogP contribution is 2.32. The fourth-order valence-corrected chi connectivity index (χ4v) is 3.82. The Kier molecular flexibility index (Phi) is 5.82. The summed E-state index contributed by atoms with van der Waals surface area (Å²) in [5, 5.41) is 3.22. The second kappa shape index (κ2) is 8.10. The lowest BCUT2D eigenvalue weighted by molar-refractivity contribution is 0.575. The van der Waals surface area contributed by atoms with Gasteiger partial charge in [-0.2, -0.15) is 4.98 Å². The Morgan fingerprint density at radius 3 is 2.41 bits per heavy atom. The second-order valence-corrected chi connectivity index (χ2v) is 8.20.